The molecule has 0 bridgehead atoms. The Morgan fingerprint density at radius 2 is 0.677 bits per heavy atom. The summed E-state index contributed by atoms with van der Waals surface area (Å²) in [7, 11) is 0. The average Bonchev–Trinajstić information content (AvgIpc) is 3.69. The van der Waals surface area contributed by atoms with Crippen molar-refractivity contribution in [3.8, 4) is 61.3 Å². The number of nitrogens with zero attached hydrogens (tertiary/aromatic N) is 2. The molecule has 0 aliphatic heterocycles. The van der Waals surface area contributed by atoms with Gasteiger partial charge in [0, 0.05) is 33.3 Å². The van der Waals surface area contributed by atoms with E-state index in [2.05, 4.69) is 264 Å². The zero-order chi connectivity index (χ0) is 41.2. The minimum Gasteiger partial charge on any atom is -0.310 e. The number of rotatable bonds is 9. The minimum absolute atomic E-state index is 1.07. The molecule has 0 fully saturated rings. The topological polar surface area (TPSA) is 8.17 Å². The molecule has 10 aromatic carbocycles. The molecule has 0 amide bonds. The van der Waals surface area contributed by atoms with Gasteiger partial charge in [0.05, 0.1) is 22.4 Å². The van der Waals surface area contributed by atoms with E-state index in [1.54, 1.807) is 0 Å². The van der Waals surface area contributed by atoms with Gasteiger partial charge in [-0.2, -0.15) is 0 Å². The summed E-state index contributed by atoms with van der Waals surface area (Å²) in [5.41, 5.74) is 18.5. The number of hydrogen-bond donors (Lipinski definition) is 0. The smallest absolute Gasteiger partial charge is 0.0562 e. The second-order valence-corrected chi connectivity index (χ2v) is 15.7. The van der Waals surface area contributed by atoms with Gasteiger partial charge < -0.3 is 9.47 Å². The maximum atomic E-state index is 2.47. The fraction of sp³-hybridized carbons (Fsp3) is 0. The fourth-order valence-electron chi connectivity index (χ4n) is 9.00. The predicted octanol–water partition coefficient (Wildman–Crippen LogP) is 16.6. The first-order valence-corrected chi connectivity index (χ1v) is 21.3. The van der Waals surface area contributed by atoms with Gasteiger partial charge in [-0.1, -0.05) is 200 Å². The molecule has 2 nitrogen and oxygen atoms in total. The predicted molar refractivity (Wildman–Crippen MR) is 263 cm³/mol. The van der Waals surface area contributed by atoms with E-state index in [-0.39, 0.29) is 0 Å². The van der Waals surface area contributed by atoms with Gasteiger partial charge in [0.1, 0.15) is 0 Å². The van der Waals surface area contributed by atoms with Crippen LogP contribution in [0.2, 0.25) is 0 Å². The summed E-state index contributed by atoms with van der Waals surface area (Å²) in [6.45, 7) is 0. The van der Waals surface area contributed by atoms with E-state index in [0.29, 0.717) is 0 Å². The van der Waals surface area contributed by atoms with Crippen LogP contribution < -0.4 is 4.90 Å². The first-order chi connectivity index (χ1) is 30.8. The van der Waals surface area contributed by atoms with Gasteiger partial charge in [-0.05, 0) is 99.1 Å². The maximum Gasteiger partial charge on any atom is 0.0562 e. The third-order valence-electron chi connectivity index (χ3n) is 12.0. The standard InChI is InChI=1S/C60H42N2/c1-6-18-43(19-7-1)46-30-34-51(35-31-46)61(58-38-32-49(44-20-8-2-9-21-44)40-55(58)47-24-12-4-13-25-47)52-36-37-54-53-28-16-17-29-57(53)62(60(54)42-52)59-39-33-50(45-22-10-3-11-23-45)41-56(59)48-26-14-5-15-27-48/h1-42H. The molecule has 0 saturated carbocycles. The molecule has 0 aliphatic rings. The molecule has 0 aliphatic carbocycles. The van der Waals surface area contributed by atoms with Crippen LogP contribution in [0.15, 0.2) is 255 Å². The van der Waals surface area contributed by atoms with Crippen molar-refractivity contribution in [1.82, 2.24) is 4.57 Å². The normalized spacial score (nSPS) is 11.2. The molecule has 0 saturated heterocycles. The van der Waals surface area contributed by atoms with Gasteiger partial charge in [0.25, 0.3) is 0 Å². The van der Waals surface area contributed by atoms with Crippen molar-refractivity contribution in [3.05, 3.63) is 255 Å². The van der Waals surface area contributed by atoms with Crippen molar-refractivity contribution in [2.75, 3.05) is 4.90 Å². The van der Waals surface area contributed by atoms with Gasteiger partial charge in [-0.3, -0.25) is 0 Å². The number of para-hydroxylation sites is 1. The second kappa shape index (κ2) is 16.1. The van der Waals surface area contributed by atoms with E-state index in [0.717, 1.165) is 39.4 Å². The number of aromatic nitrogens is 1. The van der Waals surface area contributed by atoms with Gasteiger partial charge in [-0.25, -0.2) is 0 Å². The Labute approximate surface area is 362 Å². The molecule has 1 aromatic heterocycles. The van der Waals surface area contributed by atoms with Crippen LogP contribution in [0.4, 0.5) is 17.1 Å². The highest BCUT2D eigenvalue weighted by Gasteiger charge is 2.22. The molecule has 1 heterocycles. The van der Waals surface area contributed by atoms with Crippen LogP contribution in [0, 0.1) is 0 Å². The van der Waals surface area contributed by atoms with Crippen molar-refractivity contribution in [2.45, 2.75) is 0 Å². The Balaban J connectivity index is 1.16. The average molecular weight is 791 g/mol. The van der Waals surface area contributed by atoms with Crippen LogP contribution in [0.25, 0.3) is 83.1 Å². The summed E-state index contributed by atoms with van der Waals surface area (Å²) >= 11 is 0. The third kappa shape index (κ3) is 6.84. The first-order valence-electron chi connectivity index (χ1n) is 21.3. The Bertz CT molecular complexity index is 3300. The second-order valence-electron chi connectivity index (χ2n) is 15.7. The number of fused-ring (bicyclic) bond motifs is 3. The zero-order valence-corrected chi connectivity index (χ0v) is 34.1. The van der Waals surface area contributed by atoms with Crippen molar-refractivity contribution in [2.24, 2.45) is 0 Å². The van der Waals surface area contributed by atoms with Crippen LogP contribution in [0.3, 0.4) is 0 Å². The van der Waals surface area contributed by atoms with Crippen LogP contribution in [-0.4, -0.2) is 4.57 Å². The van der Waals surface area contributed by atoms with Crippen molar-refractivity contribution in [1.29, 1.82) is 0 Å². The van der Waals surface area contributed by atoms with E-state index in [4.69, 9.17) is 0 Å². The lowest BCUT2D eigenvalue weighted by Crippen LogP contribution is -2.11. The summed E-state index contributed by atoms with van der Waals surface area (Å²) in [4.78, 5) is 2.43. The highest BCUT2D eigenvalue weighted by Crippen LogP contribution is 2.46. The van der Waals surface area contributed by atoms with Crippen LogP contribution in [0.1, 0.15) is 0 Å². The highest BCUT2D eigenvalue weighted by molar-refractivity contribution is 6.11. The number of hydrogen-bond acceptors (Lipinski definition) is 1. The van der Waals surface area contributed by atoms with Gasteiger partial charge in [0.2, 0.25) is 0 Å². The van der Waals surface area contributed by atoms with E-state index in [1.807, 2.05) is 0 Å². The maximum absolute atomic E-state index is 2.47. The SMILES string of the molecule is c1ccc(-c2ccc(N(c3ccc4c5ccccc5n(-c5ccc(-c6ccccc6)cc5-c5ccccc5)c4c3)c3ccc(-c4ccccc4)cc3-c3ccccc3)cc2)cc1. The zero-order valence-electron chi connectivity index (χ0n) is 34.1. The lowest BCUT2D eigenvalue weighted by atomic mass is 9.96. The molecular weight excluding hydrogens is 749 g/mol. The molecular formula is C60H42N2. The Hall–Kier alpha value is -8.20. The fourth-order valence-corrected chi connectivity index (χ4v) is 9.00. The van der Waals surface area contributed by atoms with E-state index in [1.165, 1.54) is 60.8 Å². The van der Waals surface area contributed by atoms with Crippen molar-refractivity contribution < 1.29 is 0 Å². The Morgan fingerprint density at radius 1 is 0.258 bits per heavy atom. The number of anilines is 3. The quantitative estimate of drug-likeness (QED) is 0.141. The lowest BCUT2D eigenvalue weighted by Gasteiger charge is -2.29. The van der Waals surface area contributed by atoms with Crippen LogP contribution in [-0.2, 0) is 0 Å². The Morgan fingerprint density at radius 3 is 1.27 bits per heavy atom. The molecule has 0 unspecified atom stereocenters. The molecule has 2 heteroatoms. The van der Waals surface area contributed by atoms with Gasteiger partial charge in [-0.15, -0.1) is 0 Å². The largest absolute Gasteiger partial charge is 0.310 e. The van der Waals surface area contributed by atoms with Crippen LogP contribution in [0.5, 0.6) is 0 Å². The molecule has 0 radical (unpaired) electrons. The van der Waals surface area contributed by atoms with E-state index < -0.39 is 0 Å². The monoisotopic (exact) mass is 790 g/mol. The third-order valence-corrected chi connectivity index (χ3v) is 12.0. The summed E-state index contributed by atoms with van der Waals surface area (Å²) in [6, 6.07) is 92.2. The molecule has 11 aromatic rings. The summed E-state index contributed by atoms with van der Waals surface area (Å²) < 4.78 is 2.47. The molecule has 62 heavy (non-hydrogen) atoms. The van der Waals surface area contributed by atoms with Crippen molar-refractivity contribution in [3.63, 3.8) is 0 Å². The van der Waals surface area contributed by atoms with E-state index >= 15 is 0 Å². The molecule has 292 valence electrons. The summed E-state index contributed by atoms with van der Waals surface area (Å²) in [6.07, 6.45) is 0. The molecule has 0 N–H and O–H groups in total. The summed E-state index contributed by atoms with van der Waals surface area (Å²) in [5.74, 6) is 0. The molecule has 0 spiro atoms. The lowest BCUT2D eigenvalue weighted by molar-refractivity contribution is 1.18. The summed E-state index contributed by atoms with van der Waals surface area (Å²) in [5, 5.41) is 2.42. The first kappa shape index (κ1) is 36.8. The van der Waals surface area contributed by atoms with Gasteiger partial charge in [0.15, 0.2) is 0 Å². The molecule has 11 rings (SSSR count). The van der Waals surface area contributed by atoms with Crippen LogP contribution >= 0.6 is 0 Å². The van der Waals surface area contributed by atoms with E-state index in [9.17, 15) is 0 Å². The minimum atomic E-state index is 1.07. The van der Waals surface area contributed by atoms with Crippen molar-refractivity contribution >= 4 is 38.9 Å². The molecule has 0 atom stereocenters. The number of benzene rings is 10. The highest BCUT2D eigenvalue weighted by atomic mass is 15.1. The Kier molecular flexibility index (Phi) is 9.57. The van der Waals surface area contributed by atoms with Gasteiger partial charge >= 0.3 is 0 Å².